The number of carbonyl (C=O) groups is 1. The minimum absolute atomic E-state index is 0.113. The summed E-state index contributed by atoms with van der Waals surface area (Å²) in [5.74, 6) is -2.72. The Morgan fingerprint density at radius 3 is 2.06 bits per heavy atom. The summed E-state index contributed by atoms with van der Waals surface area (Å²) in [4.78, 5) is 17.9. The highest BCUT2D eigenvalue weighted by Gasteiger charge is 2.52. The second kappa shape index (κ2) is 17.2. The highest BCUT2D eigenvalue weighted by atomic mass is 16.7. The van der Waals surface area contributed by atoms with E-state index in [-0.39, 0.29) is 37.3 Å². The van der Waals surface area contributed by atoms with Crippen LogP contribution < -0.4 is 0 Å². The van der Waals surface area contributed by atoms with Crippen molar-refractivity contribution in [2.45, 2.75) is 185 Å². The number of esters is 1. The van der Waals surface area contributed by atoms with Crippen LogP contribution >= 0.6 is 0 Å². The molecule has 0 bridgehead atoms. The number of hydrogen-bond donors (Lipinski definition) is 6. The van der Waals surface area contributed by atoms with Crippen molar-refractivity contribution in [1.29, 1.82) is 0 Å². The Balaban J connectivity index is 2.16. The van der Waals surface area contributed by atoms with E-state index in [1.165, 1.54) is 13.8 Å². The third-order valence-electron chi connectivity index (χ3n) is 11.8. The van der Waals surface area contributed by atoms with Crippen molar-refractivity contribution in [1.82, 2.24) is 9.80 Å². The van der Waals surface area contributed by atoms with E-state index in [0.717, 1.165) is 0 Å². The molecule has 0 amide bonds. The monoisotopic (exact) mass is 734 g/mol. The zero-order valence-corrected chi connectivity index (χ0v) is 33.2. The number of rotatable bonds is 6. The molecule has 18 atom stereocenters. The molecule has 0 spiro atoms. The number of nitrogens with zero attached hydrogens (tertiary/aromatic N) is 2. The van der Waals surface area contributed by atoms with Crippen LogP contribution in [0.25, 0.3) is 0 Å². The topological polar surface area (TPSA) is 191 Å². The lowest BCUT2D eigenvalue weighted by Crippen LogP contribution is -2.60. The molecule has 3 aliphatic heterocycles. The van der Waals surface area contributed by atoms with Crippen LogP contribution in [-0.4, -0.2) is 164 Å². The lowest BCUT2D eigenvalue weighted by atomic mass is 9.77. The van der Waals surface area contributed by atoms with Gasteiger partial charge in [-0.05, 0) is 94.8 Å². The van der Waals surface area contributed by atoms with Gasteiger partial charge in [-0.3, -0.25) is 4.79 Å². The molecule has 3 aliphatic rings. The van der Waals surface area contributed by atoms with Crippen LogP contribution in [0, 0.1) is 17.8 Å². The second-order valence-electron chi connectivity index (χ2n) is 17.0. The van der Waals surface area contributed by atoms with Crippen molar-refractivity contribution in [3.63, 3.8) is 0 Å². The standard InChI is InChI=1S/C37H70N2O12/c1-14-26-37(10,46)30(41)23(6)39(13)18-19(2)16-36(9,45)32(51-34-28(40)25(38(11)12)15-20(3)47-34)21(4)29(22(5)33(43)49-26)50-27-17-35(8,44)31(42)24(7)48-27/h19-32,34,40-42,44-46H,14-18H2,1-13H3/t19-,20?,21+,22-,23-,24+,25+,26-,27+,28+,29+,30-,31+,32-,34+,35-,36-,37-/m1/s1. The van der Waals surface area contributed by atoms with Gasteiger partial charge in [-0.15, -0.1) is 0 Å². The number of carbonyl (C=O) groups excluding carboxylic acids is 1. The van der Waals surface area contributed by atoms with E-state index in [1.54, 1.807) is 41.5 Å². The van der Waals surface area contributed by atoms with Crippen LogP contribution in [0.4, 0.5) is 0 Å². The molecule has 14 nitrogen and oxygen atoms in total. The molecular weight excluding hydrogens is 664 g/mol. The summed E-state index contributed by atoms with van der Waals surface area (Å²) in [5.41, 5.74) is -4.95. The first-order valence-corrected chi connectivity index (χ1v) is 18.8. The first kappa shape index (κ1) is 44.4. The fourth-order valence-corrected chi connectivity index (χ4v) is 8.55. The molecule has 3 heterocycles. The minimum atomic E-state index is -1.81. The SMILES string of the molecule is CC[C@H]1OC(=O)[C@H](C)[C@@H](O[C@H]2C[C@@](C)(O)[C@@H](O)[C@H](C)O2)[C@H](C)[C@@H](O[C@@H]2OC(C)C[C@H](N(C)C)[C@@H]2O)[C@](C)(O)C[C@@H](C)CN(C)[C@H](C)[C@@H](O)[C@]1(C)O. The molecule has 14 heteroatoms. The number of ether oxygens (including phenoxy) is 5. The normalized spacial score (nSPS) is 50.4. The Morgan fingerprint density at radius 2 is 1.51 bits per heavy atom. The Hall–Kier alpha value is -1.01. The summed E-state index contributed by atoms with van der Waals surface area (Å²) >= 11 is 0. The highest BCUT2D eigenvalue weighted by Crippen LogP contribution is 2.39. The molecule has 3 fully saturated rings. The van der Waals surface area contributed by atoms with Crippen molar-refractivity contribution in [2.24, 2.45) is 17.8 Å². The van der Waals surface area contributed by atoms with Crippen LogP contribution in [-0.2, 0) is 28.5 Å². The number of hydrogen-bond acceptors (Lipinski definition) is 14. The van der Waals surface area contributed by atoms with Crippen LogP contribution in [0.1, 0.15) is 94.9 Å². The Labute approximate surface area is 305 Å². The van der Waals surface area contributed by atoms with E-state index in [4.69, 9.17) is 23.7 Å². The molecular formula is C37H70N2O12. The van der Waals surface area contributed by atoms with Gasteiger partial charge in [-0.1, -0.05) is 20.8 Å². The summed E-state index contributed by atoms with van der Waals surface area (Å²) in [7, 11) is 5.57. The Bertz CT molecular complexity index is 1120. The first-order chi connectivity index (χ1) is 23.3. The van der Waals surface area contributed by atoms with Crippen molar-refractivity contribution in [3.05, 3.63) is 0 Å². The predicted octanol–water partition coefficient (Wildman–Crippen LogP) is 1.25. The zero-order valence-electron chi connectivity index (χ0n) is 33.2. The van der Waals surface area contributed by atoms with Gasteiger partial charge in [0.25, 0.3) is 0 Å². The van der Waals surface area contributed by atoms with Gasteiger partial charge in [0, 0.05) is 31.0 Å². The lowest BCUT2D eigenvalue weighted by molar-refractivity contribution is -0.316. The largest absolute Gasteiger partial charge is 0.459 e. The van der Waals surface area contributed by atoms with Gasteiger partial charge in [0.2, 0.25) is 0 Å². The average Bonchev–Trinajstić information content (AvgIpc) is 3.02. The molecule has 0 aromatic heterocycles. The zero-order chi connectivity index (χ0) is 39.0. The maximum atomic E-state index is 14.1. The summed E-state index contributed by atoms with van der Waals surface area (Å²) in [6.07, 6.45) is -9.15. The molecule has 3 rings (SSSR count). The molecule has 1 unspecified atom stereocenters. The number of cyclic esters (lactones) is 1. The van der Waals surface area contributed by atoms with Gasteiger partial charge < -0.3 is 64.1 Å². The predicted molar refractivity (Wildman–Crippen MR) is 189 cm³/mol. The second-order valence-corrected chi connectivity index (χ2v) is 17.0. The fraction of sp³-hybridized carbons (Fsp3) is 0.973. The van der Waals surface area contributed by atoms with Gasteiger partial charge in [-0.25, -0.2) is 0 Å². The van der Waals surface area contributed by atoms with Gasteiger partial charge in [-0.2, -0.15) is 0 Å². The van der Waals surface area contributed by atoms with Crippen LogP contribution in [0.5, 0.6) is 0 Å². The van der Waals surface area contributed by atoms with Crippen molar-refractivity contribution in [3.8, 4) is 0 Å². The summed E-state index contributed by atoms with van der Waals surface area (Å²) in [6, 6.07) is -0.833. The van der Waals surface area contributed by atoms with E-state index < -0.39 is 96.0 Å². The Morgan fingerprint density at radius 1 is 0.902 bits per heavy atom. The molecule has 51 heavy (non-hydrogen) atoms. The van der Waals surface area contributed by atoms with Crippen molar-refractivity contribution in [2.75, 3.05) is 27.7 Å². The van der Waals surface area contributed by atoms with E-state index in [9.17, 15) is 35.4 Å². The lowest BCUT2D eigenvalue weighted by Gasteiger charge is -2.48. The van der Waals surface area contributed by atoms with Crippen molar-refractivity contribution >= 4 is 5.97 Å². The third kappa shape index (κ3) is 10.2. The highest BCUT2D eigenvalue weighted by molar-refractivity contribution is 5.73. The average molecular weight is 735 g/mol. The smallest absolute Gasteiger partial charge is 0.311 e. The summed E-state index contributed by atoms with van der Waals surface area (Å²) < 4.78 is 31.4. The number of aliphatic hydroxyl groups is 6. The van der Waals surface area contributed by atoms with Crippen LogP contribution in [0.15, 0.2) is 0 Å². The quantitative estimate of drug-likeness (QED) is 0.214. The maximum absolute atomic E-state index is 14.1. The van der Waals surface area contributed by atoms with Crippen LogP contribution in [0.2, 0.25) is 0 Å². The number of likely N-dealkylation sites (N-methyl/N-ethyl adjacent to an activating group) is 2. The molecule has 0 aliphatic carbocycles. The molecule has 6 N–H and O–H groups in total. The molecule has 3 saturated heterocycles. The van der Waals surface area contributed by atoms with Gasteiger partial charge in [0.05, 0.1) is 41.5 Å². The number of aliphatic hydroxyl groups excluding tert-OH is 3. The van der Waals surface area contributed by atoms with Gasteiger partial charge in [0.1, 0.15) is 30.0 Å². The molecule has 0 aromatic rings. The van der Waals surface area contributed by atoms with E-state index in [0.29, 0.717) is 13.0 Å². The van der Waals surface area contributed by atoms with Gasteiger partial charge >= 0.3 is 5.97 Å². The summed E-state index contributed by atoms with van der Waals surface area (Å²) in [5, 5.41) is 68.7. The van der Waals surface area contributed by atoms with Crippen molar-refractivity contribution < 1.29 is 59.1 Å². The fourth-order valence-electron chi connectivity index (χ4n) is 8.55. The molecule has 300 valence electrons. The maximum Gasteiger partial charge on any atom is 0.311 e. The van der Waals surface area contributed by atoms with Crippen LogP contribution in [0.3, 0.4) is 0 Å². The van der Waals surface area contributed by atoms with Gasteiger partial charge in [0.15, 0.2) is 12.6 Å². The van der Waals surface area contributed by atoms with E-state index in [1.807, 2.05) is 44.8 Å². The third-order valence-corrected chi connectivity index (χ3v) is 11.8. The molecule has 0 radical (unpaired) electrons. The molecule has 0 saturated carbocycles. The minimum Gasteiger partial charge on any atom is -0.459 e. The molecule has 0 aromatic carbocycles. The first-order valence-electron chi connectivity index (χ1n) is 18.8. The van der Waals surface area contributed by atoms with E-state index in [2.05, 4.69) is 0 Å². The van der Waals surface area contributed by atoms with E-state index >= 15 is 0 Å². The Kier molecular flexibility index (Phi) is 15.0. The summed E-state index contributed by atoms with van der Waals surface area (Å²) in [6.45, 7) is 17.5.